The summed E-state index contributed by atoms with van der Waals surface area (Å²) in [4.78, 5) is 33.1. The molecule has 55 heavy (non-hydrogen) atoms. The Hall–Kier alpha value is -4.94. The van der Waals surface area contributed by atoms with Crippen molar-refractivity contribution >= 4 is 11.8 Å². The molecule has 2 aliphatic heterocycles. The van der Waals surface area contributed by atoms with E-state index in [4.69, 9.17) is 33.2 Å². The molecule has 12 heteroatoms. The van der Waals surface area contributed by atoms with Crippen LogP contribution in [0.15, 0.2) is 67.3 Å². The number of carbonyl (C=O) groups excluding carboxylic acids is 2. The van der Waals surface area contributed by atoms with Crippen LogP contribution in [-0.2, 0) is 20.7 Å². The number of nitrogens with one attached hydrogen (secondary N) is 1. The number of aryl methyl sites for hydroxylation is 1. The van der Waals surface area contributed by atoms with Gasteiger partial charge in [-0.1, -0.05) is 24.3 Å². The minimum absolute atomic E-state index is 0.147. The van der Waals surface area contributed by atoms with E-state index in [1.807, 2.05) is 42.5 Å². The van der Waals surface area contributed by atoms with Crippen LogP contribution in [0.3, 0.4) is 0 Å². The average Bonchev–Trinajstić information content (AvgIpc) is 3.23. The molecule has 0 bridgehead atoms. The van der Waals surface area contributed by atoms with Gasteiger partial charge in [0.2, 0.25) is 17.6 Å². The Labute approximate surface area is 325 Å². The summed E-state index contributed by atoms with van der Waals surface area (Å²) in [5.41, 5.74) is 2.66. The number of hydrogen-bond acceptors (Lipinski definition) is 10. The van der Waals surface area contributed by atoms with Gasteiger partial charge in [0.25, 0.3) is 0 Å². The van der Waals surface area contributed by atoms with Crippen LogP contribution in [0.2, 0.25) is 0 Å². The second kappa shape index (κ2) is 20.7. The van der Waals surface area contributed by atoms with E-state index in [1.54, 1.807) is 58.7 Å². The first-order valence-electron chi connectivity index (χ1n) is 19.1. The third-order valence-electron chi connectivity index (χ3n) is 10.4. The zero-order valence-corrected chi connectivity index (χ0v) is 33.0. The minimum atomic E-state index is -0.646. The Morgan fingerprint density at radius 3 is 2.25 bits per heavy atom. The standard InChI is InChI=1S/C43H57N3O9/c1-7-11-34(32-28-39(51-4)41(53-6)40(29-32)52-5)43(48)46-19-9-8-14-36(46)42(47)44-35(17-15-30-16-18-37(49-2)38(26-30)50-3)31-12-10-13-33(27-31)55-25-22-45-20-23-54-24-21-45/h7,10,12-13,16,18,26-29,34-36H,1,8-9,11,14-15,17,19-25H2,2-6H3,(H,44,47)/t34?,35-,36?/m1/s1. The van der Waals surface area contributed by atoms with Gasteiger partial charge >= 0.3 is 0 Å². The van der Waals surface area contributed by atoms with Crippen molar-refractivity contribution in [1.82, 2.24) is 15.1 Å². The third kappa shape index (κ3) is 10.6. The Morgan fingerprint density at radius 1 is 0.855 bits per heavy atom. The van der Waals surface area contributed by atoms with E-state index in [9.17, 15) is 9.59 Å². The highest BCUT2D eigenvalue weighted by Gasteiger charge is 2.37. The molecular formula is C43H57N3O9. The van der Waals surface area contributed by atoms with Gasteiger partial charge in [0.15, 0.2) is 23.0 Å². The van der Waals surface area contributed by atoms with Crippen LogP contribution < -0.4 is 33.7 Å². The van der Waals surface area contributed by atoms with Crippen molar-refractivity contribution in [3.8, 4) is 34.5 Å². The molecule has 0 aromatic heterocycles. The van der Waals surface area contributed by atoms with Crippen LogP contribution in [0.25, 0.3) is 0 Å². The van der Waals surface area contributed by atoms with Crippen molar-refractivity contribution < 1.29 is 42.7 Å². The van der Waals surface area contributed by atoms with Gasteiger partial charge in [-0.05, 0) is 91.6 Å². The van der Waals surface area contributed by atoms with Gasteiger partial charge in [-0.15, -0.1) is 6.58 Å². The fourth-order valence-corrected chi connectivity index (χ4v) is 7.39. The molecule has 0 radical (unpaired) electrons. The molecule has 2 amide bonds. The number of likely N-dealkylation sites (tertiary alicyclic amines) is 1. The Kier molecular flexibility index (Phi) is 15.5. The summed E-state index contributed by atoms with van der Waals surface area (Å²) in [5.74, 6) is 2.45. The minimum Gasteiger partial charge on any atom is -0.493 e. The monoisotopic (exact) mass is 759 g/mol. The maximum absolute atomic E-state index is 14.5. The molecule has 2 aliphatic rings. The average molecular weight is 760 g/mol. The van der Waals surface area contributed by atoms with Crippen molar-refractivity contribution in [2.24, 2.45) is 0 Å². The van der Waals surface area contributed by atoms with E-state index in [2.05, 4.69) is 16.8 Å². The van der Waals surface area contributed by atoms with Crippen LogP contribution in [0.5, 0.6) is 34.5 Å². The highest BCUT2D eigenvalue weighted by molar-refractivity contribution is 5.91. The number of hydrogen-bond donors (Lipinski definition) is 1. The van der Waals surface area contributed by atoms with Gasteiger partial charge in [-0.3, -0.25) is 14.5 Å². The number of morpholine rings is 1. The number of nitrogens with zero attached hydrogens (tertiary/aromatic N) is 2. The lowest BCUT2D eigenvalue weighted by atomic mass is 9.90. The highest BCUT2D eigenvalue weighted by atomic mass is 16.5. The van der Waals surface area contributed by atoms with Gasteiger partial charge in [-0.25, -0.2) is 0 Å². The van der Waals surface area contributed by atoms with E-state index in [0.29, 0.717) is 73.1 Å². The zero-order chi connectivity index (χ0) is 39.2. The number of piperidine rings is 1. The summed E-state index contributed by atoms with van der Waals surface area (Å²) in [6.45, 7) is 9.03. The van der Waals surface area contributed by atoms with Gasteiger partial charge in [0.1, 0.15) is 18.4 Å². The van der Waals surface area contributed by atoms with E-state index in [1.165, 1.54) is 0 Å². The normalized spacial score (nSPS) is 17.0. The number of ether oxygens (including phenoxy) is 7. The van der Waals surface area contributed by atoms with Gasteiger partial charge in [0, 0.05) is 26.2 Å². The van der Waals surface area contributed by atoms with E-state index < -0.39 is 12.0 Å². The molecular weight excluding hydrogens is 702 g/mol. The summed E-state index contributed by atoms with van der Waals surface area (Å²) in [6.07, 6.45) is 5.55. The van der Waals surface area contributed by atoms with Crippen LogP contribution in [-0.4, -0.2) is 109 Å². The number of methoxy groups -OCH3 is 5. The number of amides is 2. The first-order chi connectivity index (χ1) is 26.8. The molecule has 5 rings (SSSR count). The molecule has 3 aromatic carbocycles. The molecule has 2 saturated heterocycles. The number of allylic oxidation sites excluding steroid dienone is 1. The van der Waals surface area contributed by atoms with E-state index in [-0.39, 0.29) is 17.9 Å². The van der Waals surface area contributed by atoms with Crippen molar-refractivity contribution in [3.63, 3.8) is 0 Å². The molecule has 0 aliphatic carbocycles. The van der Waals surface area contributed by atoms with Gasteiger partial charge < -0.3 is 43.4 Å². The van der Waals surface area contributed by atoms with Crippen molar-refractivity contribution in [3.05, 3.63) is 83.9 Å². The van der Waals surface area contributed by atoms with E-state index in [0.717, 1.165) is 62.6 Å². The maximum atomic E-state index is 14.5. The first kappa shape index (κ1) is 41.2. The second-order valence-electron chi connectivity index (χ2n) is 13.7. The van der Waals surface area contributed by atoms with Crippen LogP contribution in [0.1, 0.15) is 60.8 Å². The van der Waals surface area contributed by atoms with E-state index >= 15 is 0 Å². The predicted octanol–water partition coefficient (Wildman–Crippen LogP) is 5.97. The van der Waals surface area contributed by atoms with Crippen molar-refractivity contribution in [2.75, 3.05) is 81.5 Å². The lowest BCUT2D eigenvalue weighted by Crippen LogP contribution is -2.53. The Bertz CT molecular complexity index is 1700. The molecule has 2 fully saturated rings. The molecule has 12 nitrogen and oxygen atoms in total. The lowest BCUT2D eigenvalue weighted by Gasteiger charge is -2.38. The number of rotatable bonds is 19. The summed E-state index contributed by atoms with van der Waals surface area (Å²) in [7, 11) is 7.87. The summed E-state index contributed by atoms with van der Waals surface area (Å²) in [6, 6.07) is 16.4. The fraction of sp³-hybridized carbons (Fsp3) is 0.488. The van der Waals surface area contributed by atoms with Crippen LogP contribution >= 0.6 is 0 Å². The molecule has 2 unspecified atom stereocenters. The van der Waals surface area contributed by atoms with Crippen molar-refractivity contribution in [1.29, 1.82) is 0 Å². The molecule has 298 valence electrons. The van der Waals surface area contributed by atoms with Gasteiger partial charge in [0.05, 0.1) is 60.7 Å². The Balaban J connectivity index is 1.38. The zero-order valence-electron chi connectivity index (χ0n) is 33.0. The largest absolute Gasteiger partial charge is 0.493 e. The van der Waals surface area contributed by atoms with Crippen LogP contribution in [0, 0.1) is 0 Å². The predicted molar refractivity (Wildman–Crippen MR) is 211 cm³/mol. The lowest BCUT2D eigenvalue weighted by molar-refractivity contribution is -0.143. The molecule has 3 atom stereocenters. The number of benzene rings is 3. The Morgan fingerprint density at radius 2 is 1.58 bits per heavy atom. The van der Waals surface area contributed by atoms with Crippen molar-refractivity contribution in [2.45, 2.75) is 56.5 Å². The summed E-state index contributed by atoms with van der Waals surface area (Å²) >= 11 is 0. The first-order valence-corrected chi connectivity index (χ1v) is 19.1. The second-order valence-corrected chi connectivity index (χ2v) is 13.7. The highest BCUT2D eigenvalue weighted by Crippen LogP contribution is 2.41. The fourth-order valence-electron chi connectivity index (χ4n) is 7.39. The topological polar surface area (TPSA) is 117 Å². The number of carbonyl (C=O) groups is 2. The third-order valence-corrected chi connectivity index (χ3v) is 10.4. The smallest absolute Gasteiger partial charge is 0.243 e. The summed E-state index contributed by atoms with van der Waals surface area (Å²) in [5, 5.41) is 3.36. The molecule has 1 N–H and O–H groups in total. The summed E-state index contributed by atoms with van der Waals surface area (Å²) < 4.78 is 39.5. The SMILES string of the molecule is C=CCC(C(=O)N1CCCCC1C(=O)N[C@H](CCc1ccc(OC)c(OC)c1)c1cccc(OCCN2CCOCC2)c1)c1cc(OC)c(OC)c(OC)c1. The maximum Gasteiger partial charge on any atom is 0.243 e. The molecule has 0 spiro atoms. The molecule has 0 saturated carbocycles. The molecule has 2 heterocycles. The molecule has 3 aromatic rings. The van der Waals surface area contributed by atoms with Crippen LogP contribution in [0.4, 0.5) is 0 Å². The van der Waals surface area contributed by atoms with Gasteiger partial charge in [-0.2, -0.15) is 0 Å². The quantitative estimate of drug-likeness (QED) is 0.147.